The Morgan fingerprint density at radius 1 is 1.36 bits per heavy atom. The Morgan fingerprint density at radius 3 is 1.91 bits per heavy atom. The van der Waals surface area contributed by atoms with Crippen molar-refractivity contribution < 1.29 is 4.79 Å². The van der Waals surface area contributed by atoms with Crippen LogP contribution in [0, 0.1) is 0 Å². The van der Waals surface area contributed by atoms with Gasteiger partial charge in [-0.1, -0.05) is 12.2 Å². The normalized spacial score (nSPS) is 7.64. The van der Waals surface area contributed by atoms with Gasteiger partial charge in [-0.05, 0) is 0 Å². The van der Waals surface area contributed by atoms with E-state index in [1.807, 2.05) is 0 Å². The number of primary amides is 1. The molecule has 0 aliphatic rings. The molecule has 2 amide bonds. The van der Waals surface area contributed by atoms with Crippen LogP contribution in [0.25, 0.3) is 0 Å². The molecule has 4 heteroatoms. The summed E-state index contributed by atoms with van der Waals surface area (Å²) in [6.45, 7) is 7.91. The summed E-state index contributed by atoms with van der Waals surface area (Å²) in [6, 6.07) is -0.445. The number of carbonyl (C=O) groups is 1. The fourth-order valence-corrected chi connectivity index (χ4v) is 0.566. The number of amides is 2. The average Bonchev–Trinajstić information content (AvgIpc) is 1.87. The first-order valence-electron chi connectivity index (χ1n) is 2.98. The summed E-state index contributed by atoms with van der Waals surface area (Å²) in [5.74, 6) is 0. The molecule has 0 aliphatic heterocycles. The third-order valence-corrected chi connectivity index (χ3v) is 1.01. The van der Waals surface area contributed by atoms with Gasteiger partial charge in [0.25, 0.3) is 0 Å². The Bertz CT molecular complexity index is 137. The Morgan fingerprint density at radius 2 is 1.73 bits per heavy atom. The minimum Gasteiger partial charge on any atom is -0.351 e. The van der Waals surface area contributed by atoms with Gasteiger partial charge in [0.15, 0.2) is 0 Å². The maximum Gasteiger partial charge on any atom is 0.315 e. The lowest BCUT2D eigenvalue weighted by molar-refractivity contribution is 0.218. The van der Waals surface area contributed by atoms with Crippen LogP contribution in [0.1, 0.15) is 0 Å². The predicted octanol–water partition coefficient (Wildman–Crippen LogP) is 1.16. The van der Waals surface area contributed by atoms with Gasteiger partial charge in [0.1, 0.15) is 0 Å². The van der Waals surface area contributed by atoms with Gasteiger partial charge >= 0.3 is 6.03 Å². The molecule has 0 rings (SSSR count). The molecule has 64 valence electrons. The first kappa shape index (κ1) is 12.7. The Balaban J connectivity index is 0. The molecule has 0 saturated carbocycles. The standard InChI is InChI=1S/C7H12N2O.ClH/c1-3-5-9(6-4-2)7(8)10;/h3-4H,1-2,5-6H2,(H2,8,10);1H. The molecular formula is C7H13ClN2O. The smallest absolute Gasteiger partial charge is 0.315 e. The maximum absolute atomic E-state index is 10.5. The number of nitrogens with two attached hydrogens (primary N) is 1. The molecule has 0 aromatic carbocycles. The molecule has 2 N–H and O–H groups in total. The van der Waals surface area contributed by atoms with Gasteiger partial charge in [-0.2, -0.15) is 0 Å². The van der Waals surface area contributed by atoms with Gasteiger partial charge < -0.3 is 10.6 Å². The largest absolute Gasteiger partial charge is 0.351 e. The van der Waals surface area contributed by atoms with E-state index in [2.05, 4.69) is 13.2 Å². The lowest BCUT2D eigenvalue weighted by atomic mass is 10.5. The van der Waals surface area contributed by atoms with Gasteiger partial charge in [0.05, 0.1) is 0 Å². The van der Waals surface area contributed by atoms with Gasteiger partial charge in [0, 0.05) is 13.1 Å². The summed E-state index contributed by atoms with van der Waals surface area (Å²) < 4.78 is 0. The van der Waals surface area contributed by atoms with E-state index in [-0.39, 0.29) is 12.4 Å². The van der Waals surface area contributed by atoms with E-state index in [0.29, 0.717) is 13.1 Å². The topological polar surface area (TPSA) is 46.3 Å². The first-order chi connectivity index (χ1) is 4.72. The highest BCUT2D eigenvalue weighted by Gasteiger charge is 2.02. The molecule has 0 spiro atoms. The van der Waals surface area contributed by atoms with E-state index in [1.165, 1.54) is 4.90 Å². The van der Waals surface area contributed by atoms with Crippen molar-refractivity contribution in [2.75, 3.05) is 13.1 Å². The summed E-state index contributed by atoms with van der Waals surface area (Å²) in [5, 5.41) is 0. The van der Waals surface area contributed by atoms with Crippen molar-refractivity contribution in [2.24, 2.45) is 5.73 Å². The van der Waals surface area contributed by atoms with Crippen molar-refractivity contribution in [3.05, 3.63) is 25.3 Å². The Hall–Kier alpha value is -0.960. The van der Waals surface area contributed by atoms with Crippen LogP contribution < -0.4 is 5.73 Å². The van der Waals surface area contributed by atoms with Gasteiger partial charge in [-0.3, -0.25) is 0 Å². The molecule has 0 saturated heterocycles. The van der Waals surface area contributed by atoms with Crippen LogP contribution in [0.4, 0.5) is 4.79 Å². The fraction of sp³-hybridized carbons (Fsp3) is 0.286. The monoisotopic (exact) mass is 176 g/mol. The number of carbonyl (C=O) groups excluding carboxylic acids is 1. The second-order valence-corrected chi connectivity index (χ2v) is 1.82. The minimum absolute atomic E-state index is 0. The number of hydrogen-bond donors (Lipinski definition) is 1. The van der Waals surface area contributed by atoms with Crippen LogP contribution in [-0.4, -0.2) is 24.0 Å². The number of urea groups is 1. The number of hydrogen-bond acceptors (Lipinski definition) is 1. The first-order valence-corrected chi connectivity index (χ1v) is 2.98. The average molecular weight is 177 g/mol. The van der Waals surface area contributed by atoms with Crippen molar-refractivity contribution >= 4 is 18.4 Å². The molecular weight excluding hydrogens is 164 g/mol. The van der Waals surface area contributed by atoms with Gasteiger partial charge in [0.2, 0.25) is 0 Å². The predicted molar refractivity (Wildman–Crippen MR) is 48.8 cm³/mol. The van der Waals surface area contributed by atoms with E-state index >= 15 is 0 Å². The quantitative estimate of drug-likeness (QED) is 0.642. The van der Waals surface area contributed by atoms with Gasteiger partial charge in [-0.25, -0.2) is 4.79 Å². The molecule has 0 atom stereocenters. The fourth-order valence-electron chi connectivity index (χ4n) is 0.566. The highest BCUT2D eigenvalue weighted by atomic mass is 35.5. The number of halogens is 1. The van der Waals surface area contributed by atoms with Crippen LogP contribution in [-0.2, 0) is 0 Å². The Kier molecular flexibility index (Phi) is 8.25. The zero-order valence-corrected chi connectivity index (χ0v) is 7.14. The summed E-state index contributed by atoms with van der Waals surface area (Å²) in [6.07, 6.45) is 3.24. The third kappa shape index (κ3) is 5.48. The second-order valence-electron chi connectivity index (χ2n) is 1.82. The minimum atomic E-state index is -0.445. The third-order valence-electron chi connectivity index (χ3n) is 1.01. The van der Waals surface area contributed by atoms with Crippen molar-refractivity contribution in [1.82, 2.24) is 4.90 Å². The van der Waals surface area contributed by atoms with Gasteiger partial charge in [-0.15, -0.1) is 25.6 Å². The van der Waals surface area contributed by atoms with Crippen LogP contribution in [0.5, 0.6) is 0 Å². The van der Waals surface area contributed by atoms with E-state index in [9.17, 15) is 4.79 Å². The lowest BCUT2D eigenvalue weighted by Crippen LogP contribution is -2.35. The van der Waals surface area contributed by atoms with Crippen molar-refractivity contribution in [1.29, 1.82) is 0 Å². The molecule has 0 unspecified atom stereocenters. The molecule has 0 radical (unpaired) electrons. The SMILES string of the molecule is C=CCN(CC=C)C(N)=O.Cl. The summed E-state index contributed by atoms with van der Waals surface area (Å²) in [5.41, 5.74) is 5.00. The van der Waals surface area contributed by atoms with Crippen molar-refractivity contribution in [3.8, 4) is 0 Å². The molecule has 3 nitrogen and oxygen atoms in total. The number of rotatable bonds is 4. The van der Waals surface area contributed by atoms with Crippen LogP contribution in [0.2, 0.25) is 0 Å². The lowest BCUT2D eigenvalue weighted by Gasteiger charge is -2.15. The zero-order valence-electron chi connectivity index (χ0n) is 6.32. The second kappa shape index (κ2) is 7.15. The highest BCUT2D eigenvalue weighted by molar-refractivity contribution is 5.85. The molecule has 0 aromatic heterocycles. The molecule has 0 bridgehead atoms. The van der Waals surface area contributed by atoms with Crippen LogP contribution in [0.15, 0.2) is 25.3 Å². The number of nitrogens with zero attached hydrogens (tertiary/aromatic N) is 1. The summed E-state index contributed by atoms with van der Waals surface area (Å²) in [7, 11) is 0. The van der Waals surface area contributed by atoms with Crippen LogP contribution in [0.3, 0.4) is 0 Å². The van der Waals surface area contributed by atoms with Crippen LogP contribution >= 0.6 is 12.4 Å². The molecule has 0 aromatic rings. The van der Waals surface area contributed by atoms with Crippen molar-refractivity contribution in [2.45, 2.75) is 0 Å². The van der Waals surface area contributed by atoms with E-state index in [0.717, 1.165) is 0 Å². The molecule has 0 fully saturated rings. The highest BCUT2D eigenvalue weighted by Crippen LogP contribution is 1.86. The molecule has 11 heavy (non-hydrogen) atoms. The van der Waals surface area contributed by atoms with E-state index in [1.54, 1.807) is 12.2 Å². The van der Waals surface area contributed by atoms with Crippen molar-refractivity contribution in [3.63, 3.8) is 0 Å². The maximum atomic E-state index is 10.5. The molecule has 0 heterocycles. The zero-order chi connectivity index (χ0) is 7.98. The summed E-state index contributed by atoms with van der Waals surface area (Å²) in [4.78, 5) is 12.0. The van der Waals surface area contributed by atoms with E-state index < -0.39 is 6.03 Å². The summed E-state index contributed by atoms with van der Waals surface area (Å²) >= 11 is 0. The van der Waals surface area contributed by atoms with E-state index in [4.69, 9.17) is 5.73 Å². The Labute approximate surface area is 73.0 Å². The molecule has 0 aliphatic carbocycles.